The molecule has 138 valence electrons. The molecule has 0 fully saturated rings. The molecule has 5 heteroatoms. The number of hydrogen-bond acceptors (Lipinski definition) is 2. The first-order valence-electron chi connectivity index (χ1n) is 8.75. The highest BCUT2D eigenvalue weighted by atomic mass is 35.5. The fraction of sp³-hybridized carbons (Fsp3) is 0.0435. The molecule has 0 saturated carbocycles. The number of fused-ring (bicyclic) bond motifs is 1. The van der Waals surface area contributed by atoms with Crippen LogP contribution in [0.4, 0.5) is 0 Å². The van der Waals surface area contributed by atoms with Gasteiger partial charge in [-0.2, -0.15) is 0 Å². The highest BCUT2D eigenvalue weighted by Gasteiger charge is 2.11. The Hall–Kier alpha value is -2.88. The van der Waals surface area contributed by atoms with E-state index in [4.69, 9.17) is 28.2 Å². The van der Waals surface area contributed by atoms with Crippen LogP contribution >= 0.6 is 23.2 Å². The lowest BCUT2D eigenvalue weighted by atomic mass is 10.2. The summed E-state index contributed by atoms with van der Waals surface area (Å²) in [6.07, 6.45) is 3.60. The molecule has 0 N–H and O–H groups in total. The van der Waals surface area contributed by atoms with Crippen LogP contribution in [0.5, 0.6) is 0 Å². The Morgan fingerprint density at radius 1 is 0.893 bits per heavy atom. The molecule has 4 aromatic rings. The summed E-state index contributed by atoms with van der Waals surface area (Å²) in [5, 5.41) is 1.51. The van der Waals surface area contributed by atoms with Crippen molar-refractivity contribution in [1.29, 1.82) is 0 Å². The van der Waals surface area contributed by atoms with Crippen LogP contribution < -0.4 is 5.56 Å². The molecule has 0 atom stereocenters. The van der Waals surface area contributed by atoms with Crippen molar-refractivity contribution in [3.05, 3.63) is 104 Å². The van der Waals surface area contributed by atoms with Crippen molar-refractivity contribution in [3.8, 4) is 5.69 Å². The van der Waals surface area contributed by atoms with Crippen molar-refractivity contribution in [1.82, 2.24) is 9.55 Å². The van der Waals surface area contributed by atoms with Crippen LogP contribution in [0.25, 0.3) is 28.7 Å². The first kappa shape index (κ1) is 18.5. The molecule has 3 aromatic carbocycles. The van der Waals surface area contributed by atoms with E-state index in [2.05, 4.69) is 0 Å². The third-order valence-electron chi connectivity index (χ3n) is 4.49. The fourth-order valence-corrected chi connectivity index (χ4v) is 3.39. The lowest BCUT2D eigenvalue weighted by molar-refractivity contribution is 0.943. The minimum Gasteiger partial charge on any atom is -0.268 e. The minimum atomic E-state index is -0.119. The Morgan fingerprint density at radius 2 is 1.64 bits per heavy atom. The third kappa shape index (κ3) is 3.47. The van der Waals surface area contributed by atoms with Crippen molar-refractivity contribution in [2.24, 2.45) is 0 Å². The van der Waals surface area contributed by atoms with Gasteiger partial charge in [0.05, 0.1) is 26.6 Å². The van der Waals surface area contributed by atoms with Gasteiger partial charge < -0.3 is 0 Å². The van der Waals surface area contributed by atoms with Gasteiger partial charge in [-0.1, -0.05) is 65.2 Å². The summed E-state index contributed by atoms with van der Waals surface area (Å²) in [6.45, 7) is 2.01. The Bertz CT molecular complexity index is 1260. The standard InChI is InChI=1S/C23H16Cl2N2O/c1-15-9-12-17(13-10-15)27-21(14-11-16-5-4-7-19(24)22(16)25)26-20-8-3-2-6-18(20)23(27)28/h2-14H,1H3/b14-11+. The quantitative estimate of drug-likeness (QED) is 0.407. The average molecular weight is 407 g/mol. The van der Waals surface area contributed by atoms with E-state index in [9.17, 15) is 4.79 Å². The van der Waals surface area contributed by atoms with Crippen LogP contribution in [-0.2, 0) is 0 Å². The molecular formula is C23H16Cl2N2O. The Kier molecular flexibility index (Phi) is 5.03. The van der Waals surface area contributed by atoms with Crippen molar-refractivity contribution in [2.75, 3.05) is 0 Å². The van der Waals surface area contributed by atoms with Gasteiger partial charge in [-0.25, -0.2) is 4.98 Å². The lowest BCUT2D eigenvalue weighted by Gasteiger charge is -2.12. The molecule has 28 heavy (non-hydrogen) atoms. The molecule has 0 amide bonds. The van der Waals surface area contributed by atoms with Crippen molar-refractivity contribution < 1.29 is 0 Å². The molecule has 1 heterocycles. The molecule has 0 bridgehead atoms. The van der Waals surface area contributed by atoms with Gasteiger partial charge in [0.25, 0.3) is 5.56 Å². The zero-order valence-corrected chi connectivity index (χ0v) is 16.6. The van der Waals surface area contributed by atoms with Crippen LogP contribution in [0.3, 0.4) is 0 Å². The summed E-state index contributed by atoms with van der Waals surface area (Å²) in [6, 6.07) is 20.5. The predicted molar refractivity (Wildman–Crippen MR) is 117 cm³/mol. The molecule has 0 spiro atoms. The summed E-state index contributed by atoms with van der Waals surface area (Å²) in [4.78, 5) is 17.9. The van der Waals surface area contributed by atoms with Gasteiger partial charge in [0.1, 0.15) is 5.82 Å². The van der Waals surface area contributed by atoms with Gasteiger partial charge >= 0.3 is 0 Å². The first-order valence-corrected chi connectivity index (χ1v) is 9.51. The zero-order valence-electron chi connectivity index (χ0n) is 15.1. The number of halogens is 2. The van der Waals surface area contributed by atoms with Crippen LogP contribution in [0.2, 0.25) is 10.0 Å². The van der Waals surface area contributed by atoms with Gasteiger partial charge in [0.2, 0.25) is 0 Å². The second-order valence-electron chi connectivity index (χ2n) is 6.44. The van der Waals surface area contributed by atoms with Gasteiger partial charge in [-0.05, 0) is 55.0 Å². The second-order valence-corrected chi connectivity index (χ2v) is 7.22. The summed E-state index contributed by atoms with van der Waals surface area (Å²) >= 11 is 12.4. The number of aryl methyl sites for hydroxylation is 1. The van der Waals surface area contributed by atoms with E-state index < -0.39 is 0 Å². The van der Waals surface area contributed by atoms with Crippen LogP contribution in [0.15, 0.2) is 71.5 Å². The number of benzene rings is 3. The molecule has 0 aliphatic carbocycles. The van der Waals surface area contributed by atoms with E-state index in [1.165, 1.54) is 0 Å². The average Bonchev–Trinajstić information content (AvgIpc) is 2.70. The van der Waals surface area contributed by atoms with Gasteiger partial charge in [0.15, 0.2) is 0 Å². The van der Waals surface area contributed by atoms with Gasteiger partial charge in [0, 0.05) is 0 Å². The zero-order chi connectivity index (χ0) is 19.7. The molecule has 0 unspecified atom stereocenters. The maximum atomic E-state index is 13.2. The summed E-state index contributed by atoms with van der Waals surface area (Å²) in [5.41, 5.74) is 3.16. The second kappa shape index (κ2) is 7.63. The molecule has 1 aromatic heterocycles. The minimum absolute atomic E-state index is 0.119. The van der Waals surface area contributed by atoms with Crippen molar-refractivity contribution in [2.45, 2.75) is 6.92 Å². The molecular weight excluding hydrogens is 391 g/mol. The van der Waals surface area contributed by atoms with Crippen molar-refractivity contribution >= 4 is 46.3 Å². The molecule has 0 aliphatic rings. The SMILES string of the molecule is Cc1ccc(-n2c(/C=C/c3cccc(Cl)c3Cl)nc3ccccc3c2=O)cc1. The highest BCUT2D eigenvalue weighted by Crippen LogP contribution is 2.27. The monoisotopic (exact) mass is 406 g/mol. The van der Waals surface area contributed by atoms with Crippen molar-refractivity contribution in [3.63, 3.8) is 0 Å². The Morgan fingerprint density at radius 3 is 2.43 bits per heavy atom. The molecule has 0 saturated heterocycles. The summed E-state index contributed by atoms with van der Waals surface area (Å²) < 4.78 is 1.61. The largest absolute Gasteiger partial charge is 0.268 e. The number of rotatable bonds is 3. The number of aromatic nitrogens is 2. The maximum Gasteiger partial charge on any atom is 0.266 e. The molecule has 0 aliphatic heterocycles. The normalized spacial score (nSPS) is 11.4. The summed E-state index contributed by atoms with van der Waals surface area (Å²) in [5.74, 6) is 0.517. The number of hydrogen-bond donors (Lipinski definition) is 0. The third-order valence-corrected chi connectivity index (χ3v) is 5.32. The smallest absolute Gasteiger partial charge is 0.266 e. The molecule has 4 rings (SSSR count). The van der Waals surface area contributed by atoms with Crippen LogP contribution in [0.1, 0.15) is 17.0 Å². The predicted octanol–water partition coefficient (Wildman–Crippen LogP) is 6.17. The lowest BCUT2D eigenvalue weighted by Crippen LogP contribution is -2.22. The first-order chi connectivity index (χ1) is 13.5. The number of para-hydroxylation sites is 1. The Labute approximate surface area is 172 Å². The highest BCUT2D eigenvalue weighted by molar-refractivity contribution is 6.42. The van der Waals surface area contributed by atoms with Crippen LogP contribution in [-0.4, -0.2) is 9.55 Å². The fourth-order valence-electron chi connectivity index (χ4n) is 3.02. The molecule has 3 nitrogen and oxygen atoms in total. The van der Waals surface area contributed by atoms with Gasteiger partial charge in [-0.3, -0.25) is 9.36 Å². The van der Waals surface area contributed by atoms with E-state index in [1.807, 2.05) is 67.6 Å². The van der Waals surface area contributed by atoms with Crippen LogP contribution in [0, 0.1) is 6.92 Å². The van der Waals surface area contributed by atoms with E-state index in [1.54, 1.807) is 22.8 Å². The van der Waals surface area contributed by atoms with E-state index >= 15 is 0 Å². The molecule has 0 radical (unpaired) electrons. The van der Waals surface area contributed by atoms with E-state index in [0.717, 1.165) is 16.8 Å². The maximum absolute atomic E-state index is 13.2. The Balaban J connectivity index is 1.95. The number of nitrogens with zero attached hydrogens (tertiary/aromatic N) is 2. The topological polar surface area (TPSA) is 34.9 Å². The van der Waals surface area contributed by atoms with E-state index in [-0.39, 0.29) is 5.56 Å². The van der Waals surface area contributed by atoms with Gasteiger partial charge in [-0.15, -0.1) is 0 Å². The van der Waals surface area contributed by atoms with E-state index in [0.29, 0.717) is 26.8 Å². The summed E-state index contributed by atoms with van der Waals surface area (Å²) in [7, 11) is 0.